The molecule has 0 heterocycles. The van der Waals surface area contributed by atoms with Crippen LogP contribution in [-0.4, -0.2) is 14.3 Å². The predicted octanol–water partition coefficient (Wildman–Crippen LogP) is 5.81. The van der Waals surface area contributed by atoms with Crippen LogP contribution in [0.5, 0.6) is 0 Å². The summed E-state index contributed by atoms with van der Waals surface area (Å²) in [6.45, 7) is 0. The molecule has 28 heavy (non-hydrogen) atoms. The van der Waals surface area contributed by atoms with Gasteiger partial charge in [0.05, 0.1) is 21.3 Å². The van der Waals surface area contributed by atoms with Gasteiger partial charge in [-0.15, -0.1) is 0 Å². The van der Waals surface area contributed by atoms with Crippen molar-refractivity contribution in [1.29, 1.82) is 0 Å². The molecule has 3 rings (SSSR count). The second kappa shape index (κ2) is 8.53. The highest BCUT2D eigenvalue weighted by atomic mass is 79.9. The van der Waals surface area contributed by atoms with Gasteiger partial charge in [0.25, 0.3) is 15.9 Å². The Kier molecular flexibility index (Phi) is 6.30. The zero-order valence-electron chi connectivity index (χ0n) is 14.1. The van der Waals surface area contributed by atoms with Gasteiger partial charge in [-0.3, -0.25) is 9.52 Å². The number of anilines is 2. The van der Waals surface area contributed by atoms with Crippen LogP contribution in [-0.2, 0) is 10.0 Å². The van der Waals surface area contributed by atoms with Crippen molar-refractivity contribution in [1.82, 2.24) is 0 Å². The lowest BCUT2D eigenvalue weighted by atomic mass is 10.2. The summed E-state index contributed by atoms with van der Waals surface area (Å²) in [5, 5.41) is 3.25. The topological polar surface area (TPSA) is 75.3 Å². The van der Waals surface area contributed by atoms with Crippen LogP contribution < -0.4 is 10.0 Å². The van der Waals surface area contributed by atoms with Crippen molar-refractivity contribution < 1.29 is 13.2 Å². The Hall–Kier alpha value is -2.06. The summed E-state index contributed by atoms with van der Waals surface area (Å²) in [5.41, 5.74) is 0.913. The van der Waals surface area contributed by atoms with E-state index in [0.29, 0.717) is 16.3 Å². The van der Waals surface area contributed by atoms with E-state index in [0.717, 1.165) is 4.47 Å². The maximum Gasteiger partial charge on any atom is 0.261 e. The van der Waals surface area contributed by atoms with E-state index in [2.05, 4.69) is 26.0 Å². The van der Waals surface area contributed by atoms with Crippen molar-refractivity contribution in [2.24, 2.45) is 0 Å². The van der Waals surface area contributed by atoms with E-state index in [1.807, 2.05) is 0 Å². The van der Waals surface area contributed by atoms with Crippen molar-refractivity contribution in [3.63, 3.8) is 0 Å². The molecule has 5 nitrogen and oxygen atoms in total. The molecule has 0 spiro atoms. The summed E-state index contributed by atoms with van der Waals surface area (Å²) >= 11 is 15.3. The minimum atomic E-state index is -3.90. The standard InChI is InChI=1S/C19H13BrCl2N2O3S/c20-13-6-4-12(5-7-13)19(25)23-18-11-16(8-9-17(18)22)28(26,27)24-15-3-1-2-14(21)10-15/h1-11,24H,(H,23,25). The smallest absolute Gasteiger partial charge is 0.261 e. The molecule has 0 bridgehead atoms. The van der Waals surface area contributed by atoms with E-state index in [1.54, 1.807) is 42.5 Å². The molecular weight excluding hydrogens is 487 g/mol. The van der Waals surface area contributed by atoms with Crippen LogP contribution in [0.1, 0.15) is 10.4 Å². The lowest BCUT2D eigenvalue weighted by Crippen LogP contribution is -2.15. The fourth-order valence-electron chi connectivity index (χ4n) is 2.33. The minimum absolute atomic E-state index is 0.0528. The summed E-state index contributed by atoms with van der Waals surface area (Å²) in [6, 6.07) is 17.1. The molecule has 0 unspecified atom stereocenters. The molecule has 3 aromatic rings. The number of hydrogen-bond donors (Lipinski definition) is 2. The molecule has 9 heteroatoms. The van der Waals surface area contributed by atoms with Crippen molar-refractivity contribution in [3.8, 4) is 0 Å². The van der Waals surface area contributed by atoms with E-state index in [9.17, 15) is 13.2 Å². The molecular formula is C19H13BrCl2N2O3S. The van der Waals surface area contributed by atoms with Gasteiger partial charge in [0.15, 0.2) is 0 Å². The van der Waals surface area contributed by atoms with E-state index in [1.165, 1.54) is 24.3 Å². The van der Waals surface area contributed by atoms with Gasteiger partial charge < -0.3 is 5.32 Å². The highest BCUT2D eigenvalue weighted by Crippen LogP contribution is 2.27. The van der Waals surface area contributed by atoms with E-state index >= 15 is 0 Å². The number of carbonyl (C=O) groups is 1. The lowest BCUT2D eigenvalue weighted by molar-refractivity contribution is 0.102. The SMILES string of the molecule is O=C(Nc1cc(S(=O)(=O)Nc2cccc(Cl)c2)ccc1Cl)c1ccc(Br)cc1. The van der Waals surface area contributed by atoms with Crippen molar-refractivity contribution >= 4 is 66.4 Å². The van der Waals surface area contributed by atoms with Gasteiger partial charge >= 0.3 is 0 Å². The first-order valence-electron chi connectivity index (χ1n) is 7.89. The predicted molar refractivity (Wildman–Crippen MR) is 116 cm³/mol. The highest BCUT2D eigenvalue weighted by molar-refractivity contribution is 9.10. The zero-order chi connectivity index (χ0) is 20.3. The maximum atomic E-state index is 12.7. The Morgan fingerprint density at radius 2 is 1.64 bits per heavy atom. The van der Waals surface area contributed by atoms with Gasteiger partial charge in [0, 0.05) is 15.1 Å². The van der Waals surface area contributed by atoms with E-state index < -0.39 is 15.9 Å². The van der Waals surface area contributed by atoms with Crippen LogP contribution in [0.4, 0.5) is 11.4 Å². The number of hydrogen-bond acceptors (Lipinski definition) is 3. The molecule has 0 saturated carbocycles. The quantitative estimate of drug-likeness (QED) is 0.465. The third kappa shape index (κ3) is 5.05. The maximum absolute atomic E-state index is 12.7. The van der Waals surface area contributed by atoms with Gasteiger partial charge in [0.2, 0.25) is 0 Å². The highest BCUT2D eigenvalue weighted by Gasteiger charge is 2.17. The fraction of sp³-hybridized carbons (Fsp3) is 0. The number of sulfonamides is 1. The minimum Gasteiger partial charge on any atom is -0.321 e. The molecule has 2 N–H and O–H groups in total. The van der Waals surface area contributed by atoms with Crippen molar-refractivity contribution in [3.05, 3.63) is 86.8 Å². The second-order valence-electron chi connectivity index (χ2n) is 5.72. The van der Waals surface area contributed by atoms with Crippen LogP contribution in [0.15, 0.2) is 76.1 Å². The zero-order valence-corrected chi connectivity index (χ0v) is 18.0. The Morgan fingerprint density at radius 1 is 0.929 bits per heavy atom. The van der Waals surface area contributed by atoms with Crippen LogP contribution in [0.2, 0.25) is 10.0 Å². The molecule has 0 aliphatic rings. The van der Waals surface area contributed by atoms with E-state index in [4.69, 9.17) is 23.2 Å². The lowest BCUT2D eigenvalue weighted by Gasteiger charge is -2.12. The number of rotatable bonds is 5. The average molecular weight is 500 g/mol. The summed E-state index contributed by atoms with van der Waals surface area (Å²) in [4.78, 5) is 12.3. The summed E-state index contributed by atoms with van der Waals surface area (Å²) in [7, 11) is -3.90. The molecule has 0 fully saturated rings. The molecule has 0 aliphatic carbocycles. The summed E-state index contributed by atoms with van der Waals surface area (Å²) in [6.07, 6.45) is 0. The van der Waals surface area contributed by atoms with Crippen molar-refractivity contribution in [2.75, 3.05) is 10.0 Å². The number of nitrogens with one attached hydrogen (secondary N) is 2. The Morgan fingerprint density at radius 3 is 2.32 bits per heavy atom. The van der Waals surface area contributed by atoms with Gasteiger partial charge in [0.1, 0.15) is 0 Å². The van der Waals surface area contributed by atoms with Crippen LogP contribution in [0, 0.1) is 0 Å². The Balaban J connectivity index is 1.86. The number of carbonyl (C=O) groups excluding carboxylic acids is 1. The molecule has 3 aromatic carbocycles. The Bertz CT molecular complexity index is 1140. The normalized spacial score (nSPS) is 11.1. The van der Waals surface area contributed by atoms with Gasteiger partial charge in [-0.1, -0.05) is 45.2 Å². The number of benzene rings is 3. The van der Waals surface area contributed by atoms with Crippen LogP contribution in [0.25, 0.3) is 0 Å². The molecule has 144 valence electrons. The second-order valence-corrected chi connectivity index (χ2v) is 9.16. The fourth-order valence-corrected chi connectivity index (χ4v) is 4.02. The number of halogens is 3. The first-order valence-corrected chi connectivity index (χ1v) is 10.9. The largest absolute Gasteiger partial charge is 0.321 e. The molecule has 0 aromatic heterocycles. The molecule has 1 amide bonds. The van der Waals surface area contributed by atoms with Gasteiger partial charge in [-0.25, -0.2) is 8.42 Å². The molecule has 0 aliphatic heterocycles. The molecule has 0 saturated heterocycles. The van der Waals surface area contributed by atoms with Gasteiger partial charge in [-0.2, -0.15) is 0 Å². The first kappa shape index (κ1) is 20.7. The average Bonchev–Trinajstić information content (AvgIpc) is 2.63. The molecule has 0 atom stereocenters. The summed E-state index contributed by atoms with van der Waals surface area (Å²) in [5.74, 6) is -0.410. The van der Waals surface area contributed by atoms with Gasteiger partial charge in [-0.05, 0) is 60.7 Å². The number of amides is 1. The molecule has 0 radical (unpaired) electrons. The van der Waals surface area contributed by atoms with Crippen LogP contribution >= 0.6 is 39.1 Å². The summed E-state index contributed by atoms with van der Waals surface area (Å²) < 4.78 is 28.6. The van der Waals surface area contributed by atoms with E-state index in [-0.39, 0.29) is 15.6 Å². The monoisotopic (exact) mass is 498 g/mol. The first-order chi connectivity index (χ1) is 13.2. The van der Waals surface area contributed by atoms with Crippen molar-refractivity contribution in [2.45, 2.75) is 4.90 Å². The van der Waals surface area contributed by atoms with Crippen LogP contribution in [0.3, 0.4) is 0 Å². The Labute approximate surface area is 180 Å². The third-order valence-corrected chi connectivity index (χ3v) is 6.15. The third-order valence-electron chi connectivity index (χ3n) is 3.68.